The molecule has 4 rings (SSSR count). The molecule has 1 aliphatic rings. The highest BCUT2D eigenvalue weighted by Crippen LogP contribution is 2.28. The summed E-state index contributed by atoms with van der Waals surface area (Å²) >= 11 is 0. The Morgan fingerprint density at radius 2 is 1.81 bits per heavy atom. The van der Waals surface area contributed by atoms with Gasteiger partial charge in [-0.15, -0.1) is 0 Å². The fraction of sp³-hybridized carbons (Fsp3) is 0.286. The first-order valence-corrected chi connectivity index (χ1v) is 11.0. The number of aromatic nitrogens is 1. The second-order valence-electron chi connectivity index (χ2n) is 7.02. The van der Waals surface area contributed by atoms with E-state index in [0.717, 1.165) is 22.2 Å². The molecule has 1 atom stereocenters. The average Bonchev–Trinajstić information content (AvgIpc) is 3.20. The van der Waals surface area contributed by atoms with Crippen LogP contribution in [0.4, 0.5) is 0 Å². The fourth-order valence-electron chi connectivity index (χ4n) is 3.72. The lowest BCUT2D eigenvalue weighted by molar-refractivity contribution is -0.121. The molecular formula is C21H22N2O3S. The summed E-state index contributed by atoms with van der Waals surface area (Å²) in [6.45, 7) is 0.545. The van der Waals surface area contributed by atoms with Crippen molar-refractivity contribution in [1.82, 2.24) is 9.88 Å². The normalized spacial score (nSPS) is 18.6. The predicted molar refractivity (Wildman–Crippen MR) is 107 cm³/mol. The minimum atomic E-state index is -2.99. The van der Waals surface area contributed by atoms with E-state index in [1.54, 1.807) is 0 Å². The minimum absolute atomic E-state index is 0.0560. The highest BCUT2D eigenvalue weighted by Gasteiger charge is 2.28. The number of carbonyl (C=O) groups excluding carboxylic acids is 1. The largest absolute Gasteiger partial charge is 0.352 e. The Balaban J connectivity index is 1.54. The molecule has 1 N–H and O–H groups in total. The van der Waals surface area contributed by atoms with Gasteiger partial charge in [-0.25, -0.2) is 8.42 Å². The summed E-state index contributed by atoms with van der Waals surface area (Å²) in [5, 5.41) is 4.01. The Morgan fingerprint density at radius 1 is 1.07 bits per heavy atom. The van der Waals surface area contributed by atoms with Gasteiger partial charge in [-0.1, -0.05) is 48.5 Å². The molecule has 1 amide bonds. The van der Waals surface area contributed by atoms with Gasteiger partial charge in [-0.05, 0) is 24.1 Å². The van der Waals surface area contributed by atoms with Crippen molar-refractivity contribution in [2.45, 2.75) is 25.4 Å². The molecule has 0 spiro atoms. The van der Waals surface area contributed by atoms with E-state index in [4.69, 9.17) is 0 Å². The molecule has 0 bridgehead atoms. The molecule has 140 valence electrons. The summed E-state index contributed by atoms with van der Waals surface area (Å²) < 4.78 is 25.3. The van der Waals surface area contributed by atoms with E-state index >= 15 is 0 Å². The molecule has 5 nitrogen and oxygen atoms in total. The molecule has 27 heavy (non-hydrogen) atoms. The van der Waals surface area contributed by atoms with E-state index < -0.39 is 9.84 Å². The van der Waals surface area contributed by atoms with Crippen LogP contribution in [0.3, 0.4) is 0 Å². The van der Waals surface area contributed by atoms with Crippen molar-refractivity contribution in [3.8, 4) is 11.3 Å². The topological polar surface area (TPSA) is 68.2 Å². The summed E-state index contributed by atoms with van der Waals surface area (Å²) in [5.74, 6) is 0.118. The third-order valence-corrected chi connectivity index (χ3v) is 6.81. The first-order chi connectivity index (χ1) is 13.0. The van der Waals surface area contributed by atoms with E-state index in [9.17, 15) is 13.2 Å². The second kappa shape index (κ2) is 7.19. The molecule has 1 fully saturated rings. The average molecular weight is 382 g/mol. The fourth-order valence-corrected chi connectivity index (χ4v) is 5.39. The molecule has 2 heterocycles. The molecule has 3 aromatic rings. The van der Waals surface area contributed by atoms with Crippen LogP contribution in [0.1, 0.15) is 12.8 Å². The molecule has 6 heteroatoms. The van der Waals surface area contributed by atoms with Gasteiger partial charge in [0.2, 0.25) is 5.91 Å². The lowest BCUT2D eigenvalue weighted by atomic mass is 10.1. The van der Waals surface area contributed by atoms with Crippen molar-refractivity contribution < 1.29 is 13.2 Å². The monoisotopic (exact) mass is 382 g/mol. The number of para-hydroxylation sites is 1. The maximum absolute atomic E-state index is 12.4. The van der Waals surface area contributed by atoms with Crippen molar-refractivity contribution in [2.75, 3.05) is 11.5 Å². The maximum Gasteiger partial charge on any atom is 0.222 e. The lowest BCUT2D eigenvalue weighted by Crippen LogP contribution is -2.36. The number of hydrogen-bond donors (Lipinski definition) is 1. The Hall–Kier alpha value is -2.60. The van der Waals surface area contributed by atoms with Crippen LogP contribution in [-0.4, -0.2) is 36.4 Å². The van der Waals surface area contributed by atoms with E-state index in [0.29, 0.717) is 19.4 Å². The van der Waals surface area contributed by atoms with Crippen LogP contribution in [0.5, 0.6) is 0 Å². The zero-order valence-corrected chi connectivity index (χ0v) is 15.8. The molecule has 1 aliphatic heterocycles. The molecule has 0 unspecified atom stereocenters. The quantitative estimate of drug-likeness (QED) is 0.738. The van der Waals surface area contributed by atoms with Gasteiger partial charge in [0.25, 0.3) is 0 Å². The zero-order valence-electron chi connectivity index (χ0n) is 15.0. The Labute approximate surface area is 158 Å². The highest BCUT2D eigenvalue weighted by molar-refractivity contribution is 7.91. The number of fused-ring (bicyclic) bond motifs is 1. The van der Waals surface area contributed by atoms with E-state index in [1.165, 1.54) is 0 Å². The van der Waals surface area contributed by atoms with Crippen LogP contribution in [0.15, 0.2) is 60.7 Å². The number of aryl methyl sites for hydroxylation is 1. The van der Waals surface area contributed by atoms with Gasteiger partial charge in [-0.2, -0.15) is 0 Å². The van der Waals surface area contributed by atoms with Crippen molar-refractivity contribution in [2.24, 2.45) is 0 Å². The summed E-state index contributed by atoms with van der Waals surface area (Å²) in [4.78, 5) is 12.4. The van der Waals surface area contributed by atoms with E-state index in [1.807, 2.05) is 30.3 Å². The Kier molecular flexibility index (Phi) is 4.74. The van der Waals surface area contributed by atoms with Gasteiger partial charge in [0.05, 0.1) is 11.5 Å². The third-order valence-electron chi connectivity index (χ3n) is 5.04. The van der Waals surface area contributed by atoms with Gasteiger partial charge >= 0.3 is 0 Å². The van der Waals surface area contributed by atoms with Crippen molar-refractivity contribution >= 4 is 26.6 Å². The number of sulfone groups is 1. The standard InChI is InChI=1S/C21H22N2O3S/c24-21(22-18-11-13-27(25,26)15-18)10-12-23-19-9-5-4-8-17(19)14-20(23)16-6-2-1-3-7-16/h1-9,14,18H,10-13,15H2,(H,22,24)/t18-/m1/s1. The van der Waals surface area contributed by atoms with Gasteiger partial charge in [0.15, 0.2) is 9.84 Å². The van der Waals surface area contributed by atoms with Crippen molar-refractivity contribution in [1.29, 1.82) is 0 Å². The van der Waals surface area contributed by atoms with Gasteiger partial charge in [0, 0.05) is 35.6 Å². The number of carbonyl (C=O) groups is 1. The molecule has 1 aromatic heterocycles. The van der Waals surface area contributed by atoms with Crippen LogP contribution < -0.4 is 5.32 Å². The van der Waals surface area contributed by atoms with Crippen LogP contribution in [0, 0.1) is 0 Å². The Morgan fingerprint density at radius 3 is 2.56 bits per heavy atom. The number of hydrogen-bond acceptors (Lipinski definition) is 3. The van der Waals surface area contributed by atoms with Crippen molar-refractivity contribution in [3.05, 3.63) is 60.7 Å². The first-order valence-electron chi connectivity index (χ1n) is 9.15. The summed E-state index contributed by atoms with van der Waals surface area (Å²) in [7, 11) is -2.99. The molecule has 2 aromatic carbocycles. The molecular weight excluding hydrogens is 360 g/mol. The Bertz CT molecular complexity index is 1070. The highest BCUT2D eigenvalue weighted by atomic mass is 32.2. The van der Waals surface area contributed by atoms with Gasteiger partial charge < -0.3 is 9.88 Å². The van der Waals surface area contributed by atoms with Gasteiger partial charge in [-0.3, -0.25) is 4.79 Å². The minimum Gasteiger partial charge on any atom is -0.352 e. The number of nitrogens with one attached hydrogen (secondary N) is 1. The lowest BCUT2D eigenvalue weighted by Gasteiger charge is -2.13. The third kappa shape index (κ3) is 3.90. The number of amides is 1. The zero-order chi connectivity index (χ0) is 18.9. The molecule has 0 aliphatic carbocycles. The van der Waals surface area contributed by atoms with Crippen LogP contribution in [0.25, 0.3) is 22.2 Å². The predicted octanol–water partition coefficient (Wildman–Crippen LogP) is 3.00. The second-order valence-corrected chi connectivity index (χ2v) is 9.25. The van der Waals surface area contributed by atoms with Crippen LogP contribution in [0.2, 0.25) is 0 Å². The summed E-state index contributed by atoms with van der Waals surface area (Å²) in [6.07, 6.45) is 0.824. The smallest absolute Gasteiger partial charge is 0.222 e. The number of rotatable bonds is 5. The van der Waals surface area contributed by atoms with Crippen LogP contribution in [-0.2, 0) is 21.2 Å². The number of nitrogens with zero attached hydrogens (tertiary/aromatic N) is 1. The summed E-state index contributed by atoms with van der Waals surface area (Å²) in [6, 6.07) is 20.2. The molecule has 0 radical (unpaired) electrons. The van der Waals surface area contributed by atoms with Gasteiger partial charge in [0.1, 0.15) is 0 Å². The molecule has 0 saturated carbocycles. The SMILES string of the molecule is O=C(CCn1c(-c2ccccc2)cc2ccccc21)N[C@@H]1CCS(=O)(=O)C1. The first kappa shape index (κ1) is 17.8. The summed E-state index contributed by atoms with van der Waals surface area (Å²) in [5.41, 5.74) is 3.27. The van der Waals surface area contributed by atoms with Crippen LogP contribution >= 0.6 is 0 Å². The van der Waals surface area contributed by atoms with E-state index in [-0.39, 0.29) is 23.5 Å². The molecule has 1 saturated heterocycles. The van der Waals surface area contributed by atoms with E-state index in [2.05, 4.69) is 40.2 Å². The number of benzene rings is 2. The van der Waals surface area contributed by atoms with Crippen molar-refractivity contribution in [3.63, 3.8) is 0 Å². The maximum atomic E-state index is 12.4.